The van der Waals surface area contributed by atoms with Crippen LogP contribution < -0.4 is 5.32 Å². The van der Waals surface area contributed by atoms with Crippen LogP contribution in [0.25, 0.3) is 0 Å². The highest BCUT2D eigenvalue weighted by molar-refractivity contribution is 5.97. The van der Waals surface area contributed by atoms with Crippen LogP contribution in [-0.2, 0) is 20.9 Å². The van der Waals surface area contributed by atoms with E-state index < -0.39 is 23.4 Å². The van der Waals surface area contributed by atoms with Crippen molar-refractivity contribution in [2.45, 2.75) is 27.3 Å². The van der Waals surface area contributed by atoms with Crippen LogP contribution in [0.1, 0.15) is 28.7 Å². The molecule has 0 saturated heterocycles. The van der Waals surface area contributed by atoms with E-state index in [0.717, 1.165) is 4.68 Å². The number of aromatic nitrogens is 2. The minimum absolute atomic E-state index is 0.142. The zero-order valence-electron chi connectivity index (χ0n) is 15.0. The molecule has 0 bridgehead atoms. The van der Waals surface area contributed by atoms with E-state index in [0.29, 0.717) is 11.3 Å². The highest BCUT2D eigenvalue weighted by Gasteiger charge is 2.23. The number of nitro groups is 1. The molecule has 0 saturated carbocycles. The first-order valence-corrected chi connectivity index (χ1v) is 7.94. The van der Waals surface area contributed by atoms with Crippen molar-refractivity contribution in [3.05, 3.63) is 51.3 Å². The quantitative estimate of drug-likeness (QED) is 0.338. The minimum atomic E-state index is -0.761. The Morgan fingerprint density at radius 3 is 2.59 bits per heavy atom. The number of amides is 1. The summed E-state index contributed by atoms with van der Waals surface area (Å²) in [5, 5.41) is 17.4. The molecule has 1 aromatic heterocycles. The fourth-order valence-corrected chi connectivity index (χ4v) is 2.43. The van der Waals surface area contributed by atoms with Crippen molar-refractivity contribution in [1.29, 1.82) is 0 Å². The number of hydrogen-bond donors (Lipinski definition) is 1. The minimum Gasteiger partial charge on any atom is -0.454 e. The molecule has 0 atom stereocenters. The second kappa shape index (κ2) is 8.21. The van der Waals surface area contributed by atoms with Crippen LogP contribution in [0.4, 0.5) is 11.4 Å². The molecule has 0 aliphatic heterocycles. The molecule has 1 N–H and O–H groups in total. The van der Waals surface area contributed by atoms with E-state index >= 15 is 0 Å². The number of carbonyl (C=O) groups is 3. The van der Waals surface area contributed by atoms with Crippen LogP contribution in [-0.4, -0.2) is 39.0 Å². The second-order valence-corrected chi connectivity index (χ2v) is 5.78. The van der Waals surface area contributed by atoms with Crippen molar-refractivity contribution in [3.8, 4) is 0 Å². The number of ketones is 1. The van der Waals surface area contributed by atoms with Crippen LogP contribution in [0.5, 0.6) is 0 Å². The summed E-state index contributed by atoms with van der Waals surface area (Å²) in [5.74, 6) is -1.48. The number of aryl methyl sites for hydroxylation is 1. The lowest BCUT2D eigenvalue weighted by atomic mass is 10.1. The van der Waals surface area contributed by atoms with Crippen LogP contribution in [0.3, 0.4) is 0 Å². The van der Waals surface area contributed by atoms with E-state index in [4.69, 9.17) is 4.74 Å². The van der Waals surface area contributed by atoms with Gasteiger partial charge in [-0.15, -0.1) is 0 Å². The second-order valence-electron chi connectivity index (χ2n) is 5.78. The summed E-state index contributed by atoms with van der Waals surface area (Å²) in [6.07, 6.45) is 0. The van der Waals surface area contributed by atoms with Gasteiger partial charge >= 0.3 is 11.7 Å². The summed E-state index contributed by atoms with van der Waals surface area (Å²) < 4.78 is 6.03. The van der Waals surface area contributed by atoms with Gasteiger partial charge in [-0.2, -0.15) is 5.10 Å². The van der Waals surface area contributed by atoms with Gasteiger partial charge in [0.15, 0.2) is 12.4 Å². The number of hydrogen-bond acceptors (Lipinski definition) is 7. The first kappa shape index (κ1) is 19.8. The summed E-state index contributed by atoms with van der Waals surface area (Å²) in [5.41, 5.74) is 1.09. The Hall–Kier alpha value is -3.56. The number of ether oxygens (including phenoxy) is 1. The third kappa shape index (κ3) is 4.97. The number of carbonyl (C=O) groups excluding carboxylic acids is 3. The van der Waals surface area contributed by atoms with E-state index in [2.05, 4.69) is 10.4 Å². The zero-order valence-corrected chi connectivity index (χ0v) is 15.0. The molecule has 10 nitrogen and oxygen atoms in total. The van der Waals surface area contributed by atoms with Gasteiger partial charge in [0.05, 0.1) is 4.92 Å². The molecule has 1 aromatic carbocycles. The summed E-state index contributed by atoms with van der Waals surface area (Å²) in [6, 6.07) is 6.35. The standard InChI is InChI=1S/C17H18N4O6/c1-10-17(21(25)26)11(2)20(19-10)8-16(24)27-9-15(23)18-14-6-4-5-13(7-14)12(3)22/h4-7H,8-9H2,1-3H3,(H,18,23). The molecule has 0 unspecified atom stereocenters. The first-order valence-electron chi connectivity index (χ1n) is 7.94. The van der Waals surface area contributed by atoms with Gasteiger partial charge in [-0.1, -0.05) is 12.1 Å². The van der Waals surface area contributed by atoms with Gasteiger partial charge in [0.25, 0.3) is 5.91 Å². The van der Waals surface area contributed by atoms with Crippen molar-refractivity contribution < 1.29 is 24.0 Å². The van der Waals surface area contributed by atoms with E-state index in [9.17, 15) is 24.5 Å². The molecule has 0 aliphatic rings. The maximum Gasteiger partial charge on any atom is 0.328 e. The van der Waals surface area contributed by atoms with Gasteiger partial charge < -0.3 is 10.1 Å². The molecule has 1 heterocycles. The topological polar surface area (TPSA) is 133 Å². The molecule has 0 radical (unpaired) electrons. The molecule has 2 rings (SSSR count). The predicted molar refractivity (Wildman–Crippen MR) is 94.4 cm³/mol. The number of esters is 1. The van der Waals surface area contributed by atoms with Gasteiger partial charge in [0.2, 0.25) is 0 Å². The molecular weight excluding hydrogens is 356 g/mol. The van der Waals surface area contributed by atoms with Gasteiger partial charge in [-0.25, -0.2) is 0 Å². The van der Waals surface area contributed by atoms with Crippen molar-refractivity contribution >= 4 is 29.0 Å². The Bertz CT molecular complexity index is 918. The van der Waals surface area contributed by atoms with Crippen molar-refractivity contribution in [2.75, 3.05) is 11.9 Å². The Labute approximate surface area is 154 Å². The molecule has 0 aliphatic carbocycles. The summed E-state index contributed by atoms with van der Waals surface area (Å²) >= 11 is 0. The number of rotatable bonds is 7. The molecule has 2 aromatic rings. The molecule has 1 amide bonds. The Morgan fingerprint density at radius 1 is 1.30 bits per heavy atom. The van der Waals surface area contributed by atoms with Crippen LogP contribution in [0, 0.1) is 24.0 Å². The molecule has 27 heavy (non-hydrogen) atoms. The number of benzene rings is 1. The summed E-state index contributed by atoms with van der Waals surface area (Å²) in [6.45, 7) is 3.46. The largest absolute Gasteiger partial charge is 0.454 e. The molecule has 0 fully saturated rings. The van der Waals surface area contributed by atoms with Crippen LogP contribution in [0.15, 0.2) is 24.3 Å². The number of nitrogens with zero attached hydrogens (tertiary/aromatic N) is 3. The Morgan fingerprint density at radius 2 is 2.00 bits per heavy atom. The third-order valence-electron chi connectivity index (χ3n) is 3.72. The fraction of sp³-hybridized carbons (Fsp3) is 0.294. The van der Waals surface area contributed by atoms with Gasteiger partial charge in [-0.3, -0.25) is 29.2 Å². The zero-order chi connectivity index (χ0) is 20.1. The van der Waals surface area contributed by atoms with E-state index in [1.165, 1.54) is 26.8 Å². The molecule has 142 valence electrons. The van der Waals surface area contributed by atoms with Crippen LogP contribution in [0.2, 0.25) is 0 Å². The smallest absolute Gasteiger partial charge is 0.328 e. The normalized spacial score (nSPS) is 10.3. The summed E-state index contributed by atoms with van der Waals surface area (Å²) in [4.78, 5) is 45.5. The monoisotopic (exact) mass is 374 g/mol. The third-order valence-corrected chi connectivity index (χ3v) is 3.72. The van der Waals surface area contributed by atoms with Crippen molar-refractivity contribution in [1.82, 2.24) is 9.78 Å². The maximum atomic E-state index is 11.9. The average molecular weight is 374 g/mol. The Balaban J connectivity index is 1.91. The van der Waals surface area contributed by atoms with E-state index in [-0.39, 0.29) is 29.4 Å². The Kier molecular flexibility index (Phi) is 6.01. The lowest BCUT2D eigenvalue weighted by molar-refractivity contribution is -0.386. The van der Waals surface area contributed by atoms with E-state index in [1.54, 1.807) is 18.2 Å². The maximum absolute atomic E-state index is 11.9. The number of anilines is 1. The highest BCUT2D eigenvalue weighted by Crippen LogP contribution is 2.21. The summed E-state index contributed by atoms with van der Waals surface area (Å²) in [7, 11) is 0. The lowest BCUT2D eigenvalue weighted by Crippen LogP contribution is -2.23. The van der Waals surface area contributed by atoms with Crippen molar-refractivity contribution in [3.63, 3.8) is 0 Å². The van der Waals surface area contributed by atoms with Crippen molar-refractivity contribution in [2.24, 2.45) is 0 Å². The lowest BCUT2D eigenvalue weighted by Gasteiger charge is -2.08. The molecule has 10 heteroatoms. The fourth-order valence-electron chi connectivity index (χ4n) is 2.43. The molecule has 0 spiro atoms. The number of Topliss-reactive ketones (excluding diaryl/α,β-unsaturated/α-hetero) is 1. The predicted octanol–water partition coefficient (Wildman–Crippen LogP) is 1.79. The number of nitrogens with one attached hydrogen (secondary N) is 1. The van der Waals surface area contributed by atoms with Gasteiger partial charge in [-0.05, 0) is 32.9 Å². The average Bonchev–Trinajstić information content (AvgIpc) is 2.86. The van der Waals surface area contributed by atoms with Gasteiger partial charge in [0, 0.05) is 11.3 Å². The SMILES string of the molecule is CC(=O)c1cccc(NC(=O)COC(=O)Cn2nc(C)c([N+](=O)[O-])c2C)c1. The first-order chi connectivity index (χ1) is 12.7. The van der Waals surface area contributed by atoms with Crippen LogP contribution >= 0.6 is 0 Å². The highest BCUT2D eigenvalue weighted by atomic mass is 16.6. The molecular formula is C17H18N4O6. The van der Waals surface area contributed by atoms with E-state index in [1.807, 2.05) is 0 Å². The van der Waals surface area contributed by atoms with Gasteiger partial charge in [0.1, 0.15) is 17.9 Å².